The summed E-state index contributed by atoms with van der Waals surface area (Å²) in [7, 11) is 1.88. The minimum Gasteiger partial charge on any atom is -0.329 e. The fourth-order valence-corrected chi connectivity index (χ4v) is 3.92. The molecule has 1 aromatic heterocycles. The van der Waals surface area contributed by atoms with Crippen LogP contribution in [0.25, 0.3) is 10.9 Å². The first-order chi connectivity index (χ1) is 15.5. The average molecular weight is 427 g/mol. The van der Waals surface area contributed by atoms with Gasteiger partial charge in [0.1, 0.15) is 12.4 Å². The minimum absolute atomic E-state index is 0.112. The number of fused-ring (bicyclic) bond motifs is 1. The van der Waals surface area contributed by atoms with Crippen LogP contribution in [0.2, 0.25) is 0 Å². The van der Waals surface area contributed by atoms with E-state index in [2.05, 4.69) is 10.3 Å². The van der Waals surface area contributed by atoms with Crippen LogP contribution in [0.5, 0.6) is 0 Å². The summed E-state index contributed by atoms with van der Waals surface area (Å²) in [6, 6.07) is 23.2. The molecule has 1 N–H and O–H groups in total. The van der Waals surface area contributed by atoms with E-state index in [4.69, 9.17) is 0 Å². The van der Waals surface area contributed by atoms with Gasteiger partial charge in [0.15, 0.2) is 0 Å². The average Bonchev–Trinajstić information content (AvgIpc) is 2.82. The maximum atomic E-state index is 13.0. The van der Waals surface area contributed by atoms with Gasteiger partial charge in [-0.05, 0) is 48.7 Å². The van der Waals surface area contributed by atoms with Gasteiger partial charge in [0.2, 0.25) is 5.91 Å². The van der Waals surface area contributed by atoms with Crippen molar-refractivity contribution in [3.05, 3.63) is 94.4 Å². The van der Waals surface area contributed by atoms with Crippen LogP contribution < -0.4 is 15.9 Å². The van der Waals surface area contributed by atoms with Crippen LogP contribution in [0.1, 0.15) is 18.1 Å². The summed E-state index contributed by atoms with van der Waals surface area (Å²) in [6.45, 7) is 3.90. The third kappa shape index (κ3) is 4.12. The molecule has 0 spiro atoms. The number of benzene rings is 3. The van der Waals surface area contributed by atoms with Gasteiger partial charge < -0.3 is 10.2 Å². The summed E-state index contributed by atoms with van der Waals surface area (Å²) in [5.74, 6) is 0.299. The second kappa shape index (κ2) is 9.06. The molecule has 6 nitrogen and oxygen atoms in total. The molecule has 0 aliphatic carbocycles. The Kier molecular flexibility index (Phi) is 6.03. The highest BCUT2D eigenvalue weighted by Gasteiger charge is 2.17. The molecule has 3 aromatic carbocycles. The molecule has 0 atom stereocenters. The SMILES string of the molecule is CCc1cccc(C)c1NC(=O)Cn1c(=O)nc(N(C)c2ccccc2)c2ccccc21. The number of nitrogens with one attached hydrogen (secondary N) is 1. The Balaban J connectivity index is 1.71. The molecular formula is C26H26N4O2. The van der Waals surface area contributed by atoms with Crippen LogP contribution in [-0.2, 0) is 17.8 Å². The lowest BCUT2D eigenvalue weighted by molar-refractivity contribution is -0.116. The number of hydrogen-bond donors (Lipinski definition) is 1. The Morgan fingerprint density at radius 3 is 2.47 bits per heavy atom. The standard InChI is InChI=1S/C26H26N4O2/c1-4-19-12-10-11-18(2)24(19)27-23(31)17-30-22-16-9-8-15-21(22)25(28-26(30)32)29(3)20-13-6-5-7-14-20/h5-16H,4,17H2,1-3H3,(H,27,31). The Hall–Kier alpha value is -3.93. The minimum atomic E-state index is -0.461. The topological polar surface area (TPSA) is 67.2 Å². The zero-order valence-corrected chi connectivity index (χ0v) is 18.5. The summed E-state index contributed by atoms with van der Waals surface area (Å²) in [4.78, 5) is 32.2. The summed E-state index contributed by atoms with van der Waals surface area (Å²) in [5.41, 5.74) is 4.00. The zero-order valence-electron chi connectivity index (χ0n) is 18.5. The van der Waals surface area contributed by atoms with E-state index in [-0.39, 0.29) is 12.5 Å². The summed E-state index contributed by atoms with van der Waals surface area (Å²) < 4.78 is 1.43. The smallest absolute Gasteiger partial charge is 0.329 e. The molecule has 4 rings (SSSR count). The quantitative estimate of drug-likeness (QED) is 0.486. The Morgan fingerprint density at radius 1 is 1.00 bits per heavy atom. The van der Waals surface area contributed by atoms with E-state index < -0.39 is 5.69 Å². The molecule has 0 unspecified atom stereocenters. The van der Waals surface area contributed by atoms with Crippen molar-refractivity contribution in [2.24, 2.45) is 0 Å². The number of rotatable bonds is 6. The monoisotopic (exact) mass is 426 g/mol. The van der Waals surface area contributed by atoms with Crippen molar-refractivity contribution in [2.45, 2.75) is 26.8 Å². The van der Waals surface area contributed by atoms with Crippen LogP contribution >= 0.6 is 0 Å². The lowest BCUT2D eigenvalue weighted by Crippen LogP contribution is -2.31. The number of aromatic nitrogens is 2. The second-order valence-electron chi connectivity index (χ2n) is 7.73. The van der Waals surface area contributed by atoms with Gasteiger partial charge in [0, 0.05) is 23.8 Å². The van der Waals surface area contributed by atoms with Gasteiger partial charge >= 0.3 is 5.69 Å². The van der Waals surface area contributed by atoms with Crippen LogP contribution in [0, 0.1) is 6.92 Å². The molecule has 4 aromatic rings. The van der Waals surface area contributed by atoms with Gasteiger partial charge in [-0.15, -0.1) is 0 Å². The van der Waals surface area contributed by atoms with E-state index in [1.807, 2.05) is 98.6 Å². The number of hydrogen-bond acceptors (Lipinski definition) is 4. The third-order valence-electron chi connectivity index (χ3n) is 5.64. The number of amides is 1. The largest absolute Gasteiger partial charge is 0.350 e. The number of carbonyl (C=O) groups is 1. The highest BCUT2D eigenvalue weighted by Crippen LogP contribution is 2.28. The van der Waals surface area contributed by atoms with Crippen LogP contribution in [0.4, 0.5) is 17.2 Å². The molecule has 0 aliphatic heterocycles. The maximum absolute atomic E-state index is 13.0. The fourth-order valence-electron chi connectivity index (χ4n) is 3.92. The van der Waals surface area contributed by atoms with Crippen LogP contribution in [0.15, 0.2) is 77.6 Å². The highest BCUT2D eigenvalue weighted by atomic mass is 16.2. The predicted octanol–water partition coefficient (Wildman–Crippen LogP) is 4.67. The lowest BCUT2D eigenvalue weighted by Gasteiger charge is -2.21. The van der Waals surface area contributed by atoms with Crippen molar-refractivity contribution in [3.63, 3.8) is 0 Å². The number of nitrogens with zero attached hydrogens (tertiary/aromatic N) is 3. The van der Waals surface area contributed by atoms with Crippen molar-refractivity contribution >= 4 is 34.0 Å². The number of carbonyl (C=O) groups excluding carboxylic acids is 1. The zero-order chi connectivity index (χ0) is 22.7. The fraction of sp³-hybridized carbons (Fsp3) is 0.192. The maximum Gasteiger partial charge on any atom is 0.350 e. The van der Waals surface area contributed by atoms with Crippen molar-refractivity contribution in [1.29, 1.82) is 0 Å². The van der Waals surface area contributed by atoms with E-state index in [1.165, 1.54) is 4.57 Å². The summed E-state index contributed by atoms with van der Waals surface area (Å²) in [6.07, 6.45) is 0.808. The van der Waals surface area contributed by atoms with Crippen LogP contribution in [0.3, 0.4) is 0 Å². The molecule has 0 fully saturated rings. The number of aryl methyl sites for hydroxylation is 2. The van der Waals surface area contributed by atoms with Gasteiger partial charge in [-0.2, -0.15) is 4.98 Å². The van der Waals surface area contributed by atoms with Crippen molar-refractivity contribution in [1.82, 2.24) is 9.55 Å². The van der Waals surface area contributed by atoms with Gasteiger partial charge in [0.05, 0.1) is 5.52 Å². The first-order valence-electron chi connectivity index (χ1n) is 10.7. The van der Waals surface area contributed by atoms with Gasteiger partial charge in [-0.1, -0.05) is 55.5 Å². The van der Waals surface area contributed by atoms with Gasteiger partial charge in [-0.25, -0.2) is 4.79 Å². The normalized spacial score (nSPS) is 10.8. The summed E-state index contributed by atoms with van der Waals surface area (Å²) >= 11 is 0. The van der Waals surface area contributed by atoms with Crippen molar-refractivity contribution in [3.8, 4) is 0 Å². The molecule has 6 heteroatoms. The summed E-state index contributed by atoms with van der Waals surface area (Å²) in [5, 5.41) is 3.80. The Morgan fingerprint density at radius 2 is 1.72 bits per heavy atom. The molecule has 0 aliphatic rings. The molecule has 1 amide bonds. The molecule has 0 bridgehead atoms. The second-order valence-corrected chi connectivity index (χ2v) is 7.73. The Labute approximate surface area is 187 Å². The molecular weight excluding hydrogens is 400 g/mol. The van der Waals surface area contributed by atoms with Crippen LogP contribution in [-0.4, -0.2) is 22.5 Å². The first-order valence-corrected chi connectivity index (χ1v) is 10.7. The first kappa shape index (κ1) is 21.3. The molecule has 162 valence electrons. The predicted molar refractivity (Wildman–Crippen MR) is 130 cm³/mol. The lowest BCUT2D eigenvalue weighted by atomic mass is 10.1. The number of anilines is 3. The van der Waals surface area contributed by atoms with E-state index in [0.717, 1.165) is 34.3 Å². The van der Waals surface area contributed by atoms with E-state index >= 15 is 0 Å². The number of para-hydroxylation sites is 3. The van der Waals surface area contributed by atoms with Crippen molar-refractivity contribution < 1.29 is 4.79 Å². The van der Waals surface area contributed by atoms with E-state index in [9.17, 15) is 9.59 Å². The highest BCUT2D eigenvalue weighted by molar-refractivity contribution is 5.95. The van der Waals surface area contributed by atoms with E-state index in [1.54, 1.807) is 0 Å². The van der Waals surface area contributed by atoms with E-state index in [0.29, 0.717) is 11.3 Å². The Bertz CT molecular complexity index is 1330. The van der Waals surface area contributed by atoms with Crippen molar-refractivity contribution in [2.75, 3.05) is 17.3 Å². The van der Waals surface area contributed by atoms with Gasteiger partial charge in [-0.3, -0.25) is 9.36 Å². The van der Waals surface area contributed by atoms with Gasteiger partial charge in [0.25, 0.3) is 0 Å². The molecule has 1 heterocycles. The molecule has 0 radical (unpaired) electrons. The molecule has 0 saturated heterocycles. The molecule has 0 saturated carbocycles. The molecule has 32 heavy (non-hydrogen) atoms. The third-order valence-corrected chi connectivity index (χ3v) is 5.64.